The summed E-state index contributed by atoms with van der Waals surface area (Å²) in [4.78, 5) is 69.7. The number of ether oxygens (including phenoxy) is 1. The van der Waals surface area contributed by atoms with Crippen LogP contribution in [0.5, 0.6) is 0 Å². The van der Waals surface area contributed by atoms with Crippen LogP contribution in [-0.4, -0.2) is 117 Å². The van der Waals surface area contributed by atoms with Crippen molar-refractivity contribution < 1.29 is 28.7 Å². The minimum atomic E-state index is -0.150. The van der Waals surface area contributed by atoms with E-state index in [-0.39, 0.29) is 24.3 Å². The van der Waals surface area contributed by atoms with Gasteiger partial charge in [0.15, 0.2) is 0 Å². The first-order valence-corrected chi connectivity index (χ1v) is 21.6. The molecule has 2 aliphatic heterocycles. The molecule has 0 spiro atoms. The predicted molar refractivity (Wildman–Crippen MR) is 244 cm³/mol. The number of nitrogens with zero attached hydrogens (tertiary/aromatic N) is 4. The van der Waals surface area contributed by atoms with Crippen molar-refractivity contribution in [2.75, 3.05) is 60.5 Å². The van der Waals surface area contributed by atoms with Gasteiger partial charge in [-0.25, -0.2) is 4.98 Å². The molecule has 0 aliphatic carbocycles. The molecule has 0 atom stereocenters. The van der Waals surface area contributed by atoms with Crippen LogP contribution in [0.3, 0.4) is 0 Å². The monoisotopic (exact) mass is 852 g/mol. The number of allylic oxidation sites excluding steroid dienone is 1. The molecule has 2 aliphatic rings. The molecule has 4 aromatic rings. The van der Waals surface area contributed by atoms with Crippen LogP contribution in [0.4, 0.5) is 0 Å². The van der Waals surface area contributed by atoms with E-state index in [1.165, 1.54) is 65.6 Å². The van der Waals surface area contributed by atoms with E-state index in [0.29, 0.717) is 13.0 Å². The molecule has 14 nitrogen and oxygen atoms in total. The van der Waals surface area contributed by atoms with E-state index in [4.69, 9.17) is 4.79 Å². The highest BCUT2D eigenvalue weighted by molar-refractivity contribution is 7.30. The molecule has 5 heterocycles. The SMILES string of the molecule is CC(=O)NCC(=O)N1CCCC1.CCC.CCC.CN=CN/C(=C\C=O)c1cc2sc(-c3ccc(-c4cnc[nH]4)cc3)cc2s1.CNCC(=O)N1CCCC1.COC=O. The van der Waals surface area contributed by atoms with Crippen molar-refractivity contribution in [3.8, 4) is 21.7 Å². The fourth-order valence-corrected chi connectivity index (χ4v) is 7.64. The van der Waals surface area contributed by atoms with Gasteiger partial charge in [0.25, 0.3) is 6.47 Å². The number of imidazole rings is 1. The van der Waals surface area contributed by atoms with E-state index in [0.717, 1.165) is 67.1 Å². The number of benzene rings is 1. The van der Waals surface area contributed by atoms with E-state index in [1.54, 1.807) is 54.3 Å². The van der Waals surface area contributed by atoms with Gasteiger partial charge in [-0.15, -0.1) is 22.7 Å². The summed E-state index contributed by atoms with van der Waals surface area (Å²) < 4.78 is 6.27. The second-order valence-electron chi connectivity index (χ2n) is 13.1. The Labute approximate surface area is 357 Å². The number of amides is 3. The van der Waals surface area contributed by atoms with Crippen LogP contribution >= 0.6 is 22.7 Å². The Morgan fingerprint density at radius 1 is 0.864 bits per heavy atom. The number of aliphatic imine (C=N–C) groups is 1. The van der Waals surface area contributed by atoms with Crippen LogP contribution in [0.15, 0.2) is 60.0 Å². The second-order valence-corrected chi connectivity index (χ2v) is 15.3. The van der Waals surface area contributed by atoms with E-state index in [1.807, 2.05) is 11.1 Å². The van der Waals surface area contributed by atoms with Gasteiger partial charge < -0.3 is 35.5 Å². The van der Waals surface area contributed by atoms with Crippen molar-refractivity contribution in [1.29, 1.82) is 0 Å². The van der Waals surface area contributed by atoms with E-state index >= 15 is 0 Å². The highest BCUT2D eigenvalue weighted by Crippen LogP contribution is 2.40. The summed E-state index contributed by atoms with van der Waals surface area (Å²) in [6.45, 7) is 14.5. The van der Waals surface area contributed by atoms with Gasteiger partial charge >= 0.3 is 0 Å². The van der Waals surface area contributed by atoms with Gasteiger partial charge in [-0.3, -0.25) is 29.0 Å². The third-order valence-corrected chi connectivity index (χ3v) is 10.2. The lowest BCUT2D eigenvalue weighted by atomic mass is 10.1. The highest BCUT2D eigenvalue weighted by Gasteiger charge is 2.18. The van der Waals surface area contributed by atoms with Crippen molar-refractivity contribution in [3.63, 3.8) is 0 Å². The number of likely N-dealkylation sites (N-methyl/N-ethyl adjacent to an activating group) is 1. The van der Waals surface area contributed by atoms with E-state index in [9.17, 15) is 19.2 Å². The topological polar surface area (TPSA) is 178 Å². The molecule has 1 aromatic carbocycles. The molecule has 324 valence electrons. The molecular formula is C43H64N8O6S2. The number of thiophene rings is 2. The Hall–Kier alpha value is -5.19. The van der Waals surface area contributed by atoms with Gasteiger partial charge in [0.2, 0.25) is 17.7 Å². The van der Waals surface area contributed by atoms with E-state index in [2.05, 4.69) is 99.7 Å². The number of rotatable bonds is 11. The smallest absolute Gasteiger partial charge is 0.292 e. The quantitative estimate of drug-likeness (QED) is 0.0535. The number of methoxy groups -OCH3 is 1. The molecule has 3 aromatic heterocycles. The average Bonchev–Trinajstić information content (AvgIpc) is 4.09. The lowest BCUT2D eigenvalue weighted by Gasteiger charge is -2.14. The fraction of sp³-hybridized carbons (Fsp3) is 0.465. The third kappa shape index (κ3) is 20.4. The molecule has 16 heteroatoms. The maximum atomic E-state index is 11.3. The first kappa shape index (κ1) is 51.8. The number of fused-ring (bicyclic) bond motifs is 1. The first-order valence-electron chi connectivity index (χ1n) is 19.9. The largest absolute Gasteiger partial charge is 0.471 e. The van der Waals surface area contributed by atoms with Crippen LogP contribution < -0.4 is 16.0 Å². The van der Waals surface area contributed by atoms with Gasteiger partial charge in [-0.2, -0.15) is 0 Å². The van der Waals surface area contributed by atoms with Crippen molar-refractivity contribution in [1.82, 2.24) is 35.7 Å². The van der Waals surface area contributed by atoms with Crippen LogP contribution in [0.2, 0.25) is 0 Å². The number of aromatic nitrogens is 2. The average molecular weight is 853 g/mol. The standard InChI is InChI=1S/C20H16N4OS2.C8H14N2O2.C7H14N2O.2C3H8.C2H4O2/c1-21-11-23-15(6-7-25)18-9-20-19(27-18)8-17(26-20)14-4-2-13(3-5-14)16-10-22-12-24-16;1-7(11)9-6-8(12)10-4-2-3-5-10;1-8-6-7(10)9-4-2-3-5-9;2*1-3-2;1-4-2-3/h2-12H,1H3,(H,21,23)(H,22,24);2-6H2,1H3,(H,9,11);8H,2-6H2,1H3;2*3H2,1-2H3;2H,1H3/b15-6-;;;;;. The van der Waals surface area contributed by atoms with Crippen molar-refractivity contribution in [2.24, 2.45) is 4.99 Å². The molecular weight excluding hydrogens is 789 g/mol. The Morgan fingerprint density at radius 2 is 1.39 bits per heavy atom. The Balaban J connectivity index is 0.000000449. The molecule has 2 saturated heterocycles. The van der Waals surface area contributed by atoms with Crippen LogP contribution in [-0.2, 0) is 28.7 Å². The number of carbonyl (C=O) groups excluding carboxylic acids is 5. The molecule has 59 heavy (non-hydrogen) atoms. The van der Waals surface area contributed by atoms with Crippen LogP contribution in [0.25, 0.3) is 36.8 Å². The van der Waals surface area contributed by atoms with E-state index < -0.39 is 0 Å². The first-order chi connectivity index (χ1) is 28.6. The molecule has 3 amide bonds. The number of likely N-dealkylation sites (tertiary alicyclic amines) is 2. The molecule has 0 radical (unpaired) electrons. The lowest BCUT2D eigenvalue weighted by molar-refractivity contribution is -0.131. The fourth-order valence-electron chi connectivity index (χ4n) is 5.25. The zero-order chi connectivity index (χ0) is 43.8. The minimum Gasteiger partial charge on any atom is -0.471 e. The van der Waals surface area contributed by atoms with Gasteiger partial charge in [0.1, 0.15) is 6.29 Å². The number of hydrogen-bond donors (Lipinski definition) is 4. The number of nitrogens with one attached hydrogen (secondary N) is 4. The Morgan fingerprint density at radius 3 is 1.83 bits per heavy atom. The van der Waals surface area contributed by atoms with Crippen LogP contribution in [0.1, 0.15) is 78.0 Å². The number of carbonyl (C=O) groups is 5. The molecule has 0 saturated carbocycles. The molecule has 6 rings (SSSR count). The summed E-state index contributed by atoms with van der Waals surface area (Å²) in [5.74, 6) is 0.116. The van der Waals surface area contributed by atoms with Crippen LogP contribution in [0, 0.1) is 0 Å². The van der Waals surface area contributed by atoms with Gasteiger partial charge in [-0.1, -0.05) is 64.8 Å². The molecule has 4 N–H and O–H groups in total. The maximum Gasteiger partial charge on any atom is 0.292 e. The summed E-state index contributed by atoms with van der Waals surface area (Å²) in [5, 5.41) is 8.39. The normalized spacial score (nSPS) is 12.8. The lowest BCUT2D eigenvalue weighted by Crippen LogP contribution is -2.37. The summed E-state index contributed by atoms with van der Waals surface area (Å²) in [7, 11) is 4.80. The van der Waals surface area contributed by atoms with Crippen molar-refractivity contribution >= 4 is 74.6 Å². The number of aromatic amines is 1. The van der Waals surface area contributed by atoms with Crippen molar-refractivity contribution in [3.05, 3.63) is 59.9 Å². The summed E-state index contributed by atoms with van der Waals surface area (Å²) in [6.07, 6.45) is 14.4. The zero-order valence-electron chi connectivity index (χ0n) is 36.0. The highest BCUT2D eigenvalue weighted by atomic mass is 32.1. The third-order valence-electron chi connectivity index (χ3n) is 7.87. The summed E-state index contributed by atoms with van der Waals surface area (Å²) in [5.41, 5.74) is 4.07. The summed E-state index contributed by atoms with van der Waals surface area (Å²) in [6, 6.07) is 12.8. The maximum absolute atomic E-state index is 11.3. The second kappa shape index (κ2) is 31.8. The van der Waals surface area contributed by atoms with Gasteiger partial charge in [0.05, 0.1) is 55.3 Å². The molecule has 2 fully saturated rings. The Bertz CT molecular complexity index is 1790. The minimum absolute atomic E-state index is 0.0303. The molecule has 0 bridgehead atoms. The molecule has 0 unspecified atom stereocenters. The Kier molecular flexibility index (Phi) is 27.9. The summed E-state index contributed by atoms with van der Waals surface area (Å²) >= 11 is 3.41. The zero-order valence-corrected chi connectivity index (χ0v) is 37.6. The number of aldehydes is 1. The van der Waals surface area contributed by atoms with Gasteiger partial charge in [0, 0.05) is 60.5 Å². The number of H-pyrrole nitrogens is 1. The number of hydrogen-bond acceptors (Lipinski definition) is 11. The van der Waals surface area contributed by atoms with Crippen molar-refractivity contribution in [2.45, 2.75) is 73.1 Å². The van der Waals surface area contributed by atoms with Gasteiger partial charge in [-0.05, 0) is 56.0 Å². The predicted octanol–water partition coefficient (Wildman–Crippen LogP) is 7.00.